The van der Waals surface area contributed by atoms with Gasteiger partial charge in [0.2, 0.25) is 0 Å². The summed E-state index contributed by atoms with van der Waals surface area (Å²) in [5.41, 5.74) is 6.55. The van der Waals surface area contributed by atoms with Gasteiger partial charge in [-0.15, -0.1) is 11.3 Å². The normalized spacial score (nSPS) is 10.9. The highest BCUT2D eigenvalue weighted by Gasteiger charge is 2.16. The third kappa shape index (κ3) is 2.86. The van der Waals surface area contributed by atoms with Crippen LogP contribution in [0.1, 0.15) is 9.67 Å². The van der Waals surface area contributed by atoms with Crippen LogP contribution >= 0.6 is 22.9 Å². The van der Waals surface area contributed by atoms with Crippen molar-refractivity contribution in [3.05, 3.63) is 46.6 Å². The molecule has 0 spiro atoms. The van der Waals surface area contributed by atoms with E-state index >= 15 is 0 Å². The van der Waals surface area contributed by atoms with Crippen molar-refractivity contribution in [3.63, 3.8) is 0 Å². The fourth-order valence-corrected chi connectivity index (χ4v) is 3.37. The monoisotopic (exact) mass is 320 g/mol. The lowest BCUT2D eigenvalue weighted by molar-refractivity contribution is 0.0957. The van der Waals surface area contributed by atoms with Crippen LogP contribution in [0.4, 0.5) is 5.69 Å². The van der Waals surface area contributed by atoms with Crippen LogP contribution in [-0.2, 0) is 6.54 Å². The molecule has 3 rings (SSSR count). The van der Waals surface area contributed by atoms with Gasteiger partial charge in [-0.2, -0.15) is 5.10 Å². The molecular weight excluding hydrogens is 308 g/mol. The molecule has 0 aliphatic carbocycles. The minimum atomic E-state index is -0.169. The highest BCUT2D eigenvalue weighted by Crippen LogP contribution is 2.35. The maximum atomic E-state index is 12.2. The van der Waals surface area contributed by atoms with E-state index in [-0.39, 0.29) is 5.91 Å². The van der Waals surface area contributed by atoms with E-state index in [1.807, 2.05) is 24.4 Å². The van der Waals surface area contributed by atoms with E-state index in [4.69, 9.17) is 17.3 Å². The number of anilines is 1. The third-order valence-corrected chi connectivity index (χ3v) is 4.48. The molecular formula is C14H13ClN4OS. The topological polar surface area (TPSA) is 72.9 Å². The largest absolute Gasteiger partial charge is 0.397 e. The van der Waals surface area contributed by atoms with Crippen molar-refractivity contribution < 1.29 is 4.79 Å². The van der Waals surface area contributed by atoms with Gasteiger partial charge in [0.15, 0.2) is 0 Å². The predicted octanol–water partition coefficient (Wildman–Crippen LogP) is 2.76. The average molecular weight is 321 g/mol. The van der Waals surface area contributed by atoms with Crippen LogP contribution in [0.15, 0.2) is 36.7 Å². The van der Waals surface area contributed by atoms with Crippen molar-refractivity contribution in [2.75, 3.05) is 12.3 Å². The van der Waals surface area contributed by atoms with Gasteiger partial charge in [0, 0.05) is 34.0 Å². The number of thiophene rings is 1. The Morgan fingerprint density at radius 3 is 3.10 bits per heavy atom. The Labute approximate surface area is 130 Å². The van der Waals surface area contributed by atoms with Gasteiger partial charge in [-0.25, -0.2) is 0 Å². The Bertz CT molecular complexity index is 782. The number of carbonyl (C=O) groups excluding carboxylic acids is 1. The second-order valence-electron chi connectivity index (χ2n) is 4.51. The van der Waals surface area contributed by atoms with Crippen molar-refractivity contribution in [2.45, 2.75) is 6.54 Å². The third-order valence-electron chi connectivity index (χ3n) is 3.08. The van der Waals surface area contributed by atoms with Gasteiger partial charge in [-0.05, 0) is 24.3 Å². The van der Waals surface area contributed by atoms with Gasteiger partial charge in [-0.1, -0.05) is 11.6 Å². The Morgan fingerprint density at radius 1 is 1.48 bits per heavy atom. The first-order chi connectivity index (χ1) is 10.1. The molecule has 0 atom stereocenters. The van der Waals surface area contributed by atoms with Gasteiger partial charge in [0.05, 0.1) is 12.2 Å². The Morgan fingerprint density at radius 2 is 2.33 bits per heavy atom. The van der Waals surface area contributed by atoms with Gasteiger partial charge in [-0.3, -0.25) is 9.48 Å². The van der Waals surface area contributed by atoms with Crippen molar-refractivity contribution in [1.29, 1.82) is 0 Å². The number of rotatable bonds is 4. The highest BCUT2D eigenvalue weighted by molar-refractivity contribution is 7.21. The molecule has 1 amide bonds. The second-order valence-corrected chi connectivity index (χ2v) is 6.00. The zero-order valence-electron chi connectivity index (χ0n) is 11.0. The smallest absolute Gasteiger partial charge is 0.263 e. The number of aromatic nitrogens is 2. The van der Waals surface area contributed by atoms with Crippen LogP contribution in [0, 0.1) is 0 Å². The number of nitrogens with zero attached hydrogens (tertiary/aromatic N) is 2. The zero-order chi connectivity index (χ0) is 14.8. The SMILES string of the molecule is Nc1c(C(=O)NCCn2cccn2)sc2cc(Cl)ccc12. The molecule has 0 fully saturated rings. The van der Waals surface area contributed by atoms with Crippen LogP contribution in [0.2, 0.25) is 5.02 Å². The molecule has 1 aromatic carbocycles. The van der Waals surface area contributed by atoms with E-state index in [2.05, 4.69) is 10.4 Å². The van der Waals surface area contributed by atoms with E-state index in [0.717, 1.165) is 10.1 Å². The lowest BCUT2D eigenvalue weighted by atomic mass is 10.2. The van der Waals surface area contributed by atoms with E-state index in [1.54, 1.807) is 16.9 Å². The summed E-state index contributed by atoms with van der Waals surface area (Å²) >= 11 is 7.31. The van der Waals surface area contributed by atoms with Gasteiger partial charge in [0.1, 0.15) is 4.88 Å². The molecule has 0 saturated carbocycles. The number of nitrogens with two attached hydrogens (primary N) is 1. The quantitative estimate of drug-likeness (QED) is 0.776. The summed E-state index contributed by atoms with van der Waals surface area (Å²) in [5.74, 6) is -0.169. The van der Waals surface area contributed by atoms with E-state index < -0.39 is 0 Å². The van der Waals surface area contributed by atoms with Crippen molar-refractivity contribution in [1.82, 2.24) is 15.1 Å². The summed E-state index contributed by atoms with van der Waals surface area (Å²) in [7, 11) is 0. The molecule has 3 aromatic rings. The van der Waals surface area contributed by atoms with Gasteiger partial charge in [0.25, 0.3) is 5.91 Å². The Kier molecular flexibility index (Phi) is 3.81. The first kappa shape index (κ1) is 13.9. The van der Waals surface area contributed by atoms with Crippen molar-refractivity contribution in [2.24, 2.45) is 0 Å². The molecule has 2 heterocycles. The van der Waals surface area contributed by atoms with Crippen LogP contribution in [0.3, 0.4) is 0 Å². The number of benzene rings is 1. The van der Waals surface area contributed by atoms with Gasteiger partial charge < -0.3 is 11.1 Å². The zero-order valence-corrected chi connectivity index (χ0v) is 12.6. The summed E-state index contributed by atoms with van der Waals surface area (Å²) < 4.78 is 2.67. The van der Waals surface area contributed by atoms with E-state index in [0.29, 0.717) is 28.7 Å². The molecule has 2 aromatic heterocycles. The molecule has 0 aliphatic heterocycles. The van der Waals surface area contributed by atoms with Gasteiger partial charge >= 0.3 is 0 Å². The van der Waals surface area contributed by atoms with Crippen LogP contribution < -0.4 is 11.1 Å². The van der Waals surface area contributed by atoms with Crippen LogP contribution in [0.25, 0.3) is 10.1 Å². The molecule has 0 bridgehead atoms. The molecule has 0 unspecified atom stereocenters. The van der Waals surface area contributed by atoms with Crippen molar-refractivity contribution in [3.8, 4) is 0 Å². The fourth-order valence-electron chi connectivity index (χ4n) is 2.06. The molecule has 0 saturated heterocycles. The lowest BCUT2D eigenvalue weighted by Crippen LogP contribution is -2.27. The van der Waals surface area contributed by atoms with Crippen LogP contribution in [0.5, 0.6) is 0 Å². The molecule has 108 valence electrons. The second kappa shape index (κ2) is 5.75. The van der Waals surface area contributed by atoms with Crippen LogP contribution in [-0.4, -0.2) is 22.2 Å². The number of halogens is 1. The number of nitrogens with one attached hydrogen (secondary N) is 1. The maximum Gasteiger partial charge on any atom is 0.263 e. The molecule has 0 radical (unpaired) electrons. The standard InChI is InChI=1S/C14H13ClN4OS/c15-9-2-3-10-11(8-9)21-13(12(10)16)14(20)17-5-7-19-6-1-4-18-19/h1-4,6,8H,5,7,16H2,(H,17,20). The minimum absolute atomic E-state index is 0.169. The number of nitrogen functional groups attached to an aromatic ring is 1. The minimum Gasteiger partial charge on any atom is -0.397 e. The molecule has 3 N–H and O–H groups in total. The summed E-state index contributed by atoms with van der Waals surface area (Å²) in [5, 5.41) is 8.42. The first-order valence-electron chi connectivity index (χ1n) is 6.38. The summed E-state index contributed by atoms with van der Waals surface area (Å²) in [4.78, 5) is 12.7. The number of hydrogen-bond acceptors (Lipinski definition) is 4. The summed E-state index contributed by atoms with van der Waals surface area (Å²) in [6, 6.07) is 7.27. The van der Waals surface area contributed by atoms with Crippen molar-refractivity contribution >= 4 is 44.6 Å². The molecule has 0 aliphatic rings. The first-order valence-corrected chi connectivity index (χ1v) is 7.58. The van der Waals surface area contributed by atoms with E-state index in [9.17, 15) is 4.79 Å². The van der Waals surface area contributed by atoms with E-state index in [1.165, 1.54) is 11.3 Å². The highest BCUT2D eigenvalue weighted by atomic mass is 35.5. The predicted molar refractivity (Wildman–Crippen MR) is 85.8 cm³/mol. The Balaban J connectivity index is 1.73. The number of fused-ring (bicyclic) bond motifs is 1. The average Bonchev–Trinajstić information content (AvgIpc) is 3.07. The summed E-state index contributed by atoms with van der Waals surface area (Å²) in [6.07, 6.45) is 3.55. The molecule has 21 heavy (non-hydrogen) atoms. The lowest BCUT2D eigenvalue weighted by Gasteiger charge is -2.04. The number of hydrogen-bond donors (Lipinski definition) is 2. The number of carbonyl (C=O) groups is 1. The Hall–Kier alpha value is -2.05. The molecule has 7 heteroatoms. The summed E-state index contributed by atoms with van der Waals surface area (Å²) in [6.45, 7) is 1.12. The number of amides is 1. The fraction of sp³-hybridized carbons (Fsp3) is 0.143. The molecule has 5 nitrogen and oxygen atoms in total. The maximum absolute atomic E-state index is 12.2.